The molecule has 1 fully saturated rings. The largest absolute Gasteiger partial charge is 0.381 e. The van der Waals surface area contributed by atoms with Gasteiger partial charge in [0.15, 0.2) is 0 Å². The molecule has 1 saturated carbocycles. The highest BCUT2D eigenvalue weighted by molar-refractivity contribution is 4.83. The summed E-state index contributed by atoms with van der Waals surface area (Å²) >= 11 is 0. The summed E-state index contributed by atoms with van der Waals surface area (Å²) in [6, 6.07) is 0.768. The van der Waals surface area contributed by atoms with Crippen LogP contribution < -0.4 is 11.5 Å². The lowest BCUT2D eigenvalue weighted by molar-refractivity contribution is 0.119. The Morgan fingerprint density at radius 3 is 2.43 bits per heavy atom. The Bertz CT molecular complexity index is 139. The molecule has 4 nitrogen and oxygen atoms in total. The van der Waals surface area contributed by atoms with Crippen LogP contribution in [0, 0.1) is 0 Å². The number of hydrogen-bond donors (Lipinski definition) is 2. The third kappa shape index (κ3) is 4.91. The molecule has 14 heavy (non-hydrogen) atoms. The van der Waals surface area contributed by atoms with Crippen LogP contribution in [0.2, 0.25) is 0 Å². The topological polar surface area (TPSA) is 64.5 Å². The molecule has 0 aliphatic heterocycles. The van der Waals surface area contributed by atoms with Gasteiger partial charge in [-0.15, -0.1) is 0 Å². The first kappa shape index (κ1) is 11.9. The van der Waals surface area contributed by atoms with Crippen molar-refractivity contribution in [3.8, 4) is 0 Å². The molecule has 0 amide bonds. The second-order valence-electron chi connectivity index (χ2n) is 3.83. The molecule has 84 valence electrons. The highest BCUT2D eigenvalue weighted by atomic mass is 16.5. The Morgan fingerprint density at radius 1 is 1.14 bits per heavy atom. The van der Waals surface area contributed by atoms with Crippen LogP contribution in [-0.4, -0.2) is 43.9 Å². The SMILES string of the molecule is NCCCOCCCN(CN)C1CC1. The van der Waals surface area contributed by atoms with Gasteiger partial charge in [0.1, 0.15) is 0 Å². The van der Waals surface area contributed by atoms with Gasteiger partial charge in [-0.1, -0.05) is 0 Å². The van der Waals surface area contributed by atoms with Gasteiger partial charge in [-0.3, -0.25) is 4.90 Å². The summed E-state index contributed by atoms with van der Waals surface area (Å²) in [6.07, 6.45) is 4.69. The van der Waals surface area contributed by atoms with Gasteiger partial charge in [0.25, 0.3) is 0 Å². The number of ether oxygens (including phenoxy) is 1. The van der Waals surface area contributed by atoms with Crippen molar-refractivity contribution in [2.24, 2.45) is 11.5 Å². The van der Waals surface area contributed by atoms with Crippen molar-refractivity contribution in [3.63, 3.8) is 0 Å². The maximum Gasteiger partial charge on any atom is 0.0478 e. The van der Waals surface area contributed by atoms with E-state index >= 15 is 0 Å². The zero-order chi connectivity index (χ0) is 10.2. The van der Waals surface area contributed by atoms with Crippen LogP contribution in [0.5, 0.6) is 0 Å². The minimum absolute atomic E-state index is 0.688. The third-order valence-corrected chi connectivity index (χ3v) is 2.52. The summed E-state index contributed by atoms with van der Waals surface area (Å²) in [4.78, 5) is 2.34. The van der Waals surface area contributed by atoms with E-state index in [1.54, 1.807) is 0 Å². The van der Waals surface area contributed by atoms with Crippen molar-refractivity contribution in [2.75, 3.05) is 33.0 Å². The molecule has 0 bridgehead atoms. The fourth-order valence-electron chi connectivity index (χ4n) is 1.52. The van der Waals surface area contributed by atoms with Gasteiger partial charge in [-0.25, -0.2) is 0 Å². The van der Waals surface area contributed by atoms with Crippen molar-refractivity contribution >= 4 is 0 Å². The van der Waals surface area contributed by atoms with Gasteiger partial charge in [-0.05, 0) is 32.2 Å². The first-order chi connectivity index (χ1) is 6.88. The summed E-state index contributed by atoms with van der Waals surface area (Å²) < 4.78 is 5.42. The molecule has 0 aromatic carbocycles. The minimum atomic E-state index is 0.688. The van der Waals surface area contributed by atoms with E-state index in [0.717, 1.165) is 45.2 Å². The summed E-state index contributed by atoms with van der Waals surface area (Å²) in [5.74, 6) is 0. The van der Waals surface area contributed by atoms with Crippen LogP contribution in [0.1, 0.15) is 25.7 Å². The summed E-state index contributed by atoms with van der Waals surface area (Å²) in [5.41, 5.74) is 11.0. The molecule has 0 aromatic rings. The average molecular weight is 201 g/mol. The molecule has 0 radical (unpaired) electrons. The predicted molar refractivity (Wildman–Crippen MR) is 57.9 cm³/mol. The normalized spacial score (nSPS) is 16.5. The number of rotatable bonds is 9. The Labute approximate surface area is 86.6 Å². The van der Waals surface area contributed by atoms with Crippen LogP contribution in [0.25, 0.3) is 0 Å². The predicted octanol–water partition coefficient (Wildman–Crippen LogP) is 0.123. The molecule has 0 atom stereocenters. The van der Waals surface area contributed by atoms with E-state index in [9.17, 15) is 0 Å². The monoisotopic (exact) mass is 201 g/mol. The van der Waals surface area contributed by atoms with Crippen molar-refractivity contribution in [1.82, 2.24) is 4.90 Å². The molecule has 4 N–H and O–H groups in total. The zero-order valence-corrected chi connectivity index (χ0v) is 8.95. The van der Waals surface area contributed by atoms with E-state index < -0.39 is 0 Å². The van der Waals surface area contributed by atoms with Gasteiger partial charge >= 0.3 is 0 Å². The van der Waals surface area contributed by atoms with E-state index in [4.69, 9.17) is 16.2 Å². The molecule has 1 aliphatic rings. The van der Waals surface area contributed by atoms with Gasteiger partial charge in [0.05, 0.1) is 0 Å². The van der Waals surface area contributed by atoms with Crippen molar-refractivity contribution in [2.45, 2.75) is 31.7 Å². The molecule has 0 unspecified atom stereocenters. The Hall–Kier alpha value is -0.160. The lowest BCUT2D eigenvalue weighted by Gasteiger charge is -2.18. The highest BCUT2D eigenvalue weighted by Crippen LogP contribution is 2.25. The van der Waals surface area contributed by atoms with E-state index in [1.807, 2.05) is 0 Å². The first-order valence-corrected chi connectivity index (χ1v) is 5.60. The number of nitrogens with two attached hydrogens (primary N) is 2. The van der Waals surface area contributed by atoms with Gasteiger partial charge in [-0.2, -0.15) is 0 Å². The van der Waals surface area contributed by atoms with E-state index in [2.05, 4.69) is 4.90 Å². The maximum atomic E-state index is 5.64. The third-order valence-electron chi connectivity index (χ3n) is 2.52. The van der Waals surface area contributed by atoms with Crippen LogP contribution in [0.4, 0.5) is 0 Å². The number of hydrogen-bond acceptors (Lipinski definition) is 4. The van der Waals surface area contributed by atoms with E-state index in [1.165, 1.54) is 12.8 Å². The molecular weight excluding hydrogens is 178 g/mol. The summed E-state index contributed by atoms with van der Waals surface area (Å²) in [5, 5.41) is 0. The smallest absolute Gasteiger partial charge is 0.0478 e. The summed E-state index contributed by atoms with van der Waals surface area (Å²) in [6.45, 7) is 4.11. The fraction of sp³-hybridized carbons (Fsp3) is 1.00. The second kappa shape index (κ2) is 7.17. The van der Waals surface area contributed by atoms with E-state index in [0.29, 0.717) is 6.67 Å². The zero-order valence-electron chi connectivity index (χ0n) is 8.95. The Balaban J connectivity index is 1.86. The highest BCUT2D eigenvalue weighted by Gasteiger charge is 2.27. The van der Waals surface area contributed by atoms with Gasteiger partial charge in [0.2, 0.25) is 0 Å². The molecule has 1 aliphatic carbocycles. The van der Waals surface area contributed by atoms with Crippen LogP contribution in [0.3, 0.4) is 0 Å². The summed E-state index contributed by atoms with van der Waals surface area (Å²) in [7, 11) is 0. The molecular formula is C10H23N3O. The first-order valence-electron chi connectivity index (χ1n) is 5.60. The van der Waals surface area contributed by atoms with E-state index in [-0.39, 0.29) is 0 Å². The quantitative estimate of drug-likeness (QED) is 0.411. The molecule has 1 rings (SSSR count). The average Bonchev–Trinajstić information content (AvgIpc) is 3.01. The van der Waals surface area contributed by atoms with Crippen LogP contribution in [-0.2, 0) is 4.74 Å². The van der Waals surface area contributed by atoms with Gasteiger partial charge < -0.3 is 16.2 Å². The van der Waals surface area contributed by atoms with Crippen molar-refractivity contribution in [1.29, 1.82) is 0 Å². The molecule has 0 saturated heterocycles. The molecule has 0 spiro atoms. The molecule has 0 heterocycles. The van der Waals surface area contributed by atoms with Crippen molar-refractivity contribution in [3.05, 3.63) is 0 Å². The lowest BCUT2D eigenvalue weighted by Crippen LogP contribution is -2.33. The lowest BCUT2D eigenvalue weighted by atomic mass is 10.4. The van der Waals surface area contributed by atoms with Gasteiger partial charge in [0, 0.05) is 32.5 Å². The molecule has 0 aromatic heterocycles. The number of nitrogens with zero attached hydrogens (tertiary/aromatic N) is 1. The molecule has 4 heteroatoms. The second-order valence-corrected chi connectivity index (χ2v) is 3.83. The Kier molecular flexibility index (Phi) is 6.10. The van der Waals surface area contributed by atoms with Crippen LogP contribution in [0.15, 0.2) is 0 Å². The fourth-order valence-corrected chi connectivity index (χ4v) is 1.52. The minimum Gasteiger partial charge on any atom is -0.381 e. The van der Waals surface area contributed by atoms with Crippen LogP contribution >= 0.6 is 0 Å². The standard InChI is InChI=1S/C10H23N3O/c11-5-1-7-14-8-2-6-13(9-12)10-3-4-10/h10H,1-9,11-12H2. The Morgan fingerprint density at radius 2 is 1.86 bits per heavy atom. The maximum absolute atomic E-state index is 5.64. The van der Waals surface area contributed by atoms with Crippen molar-refractivity contribution < 1.29 is 4.74 Å².